The van der Waals surface area contributed by atoms with Gasteiger partial charge >= 0.3 is 6.18 Å². The van der Waals surface area contributed by atoms with Crippen molar-refractivity contribution in [2.75, 3.05) is 26.7 Å². The van der Waals surface area contributed by atoms with Gasteiger partial charge in [0.05, 0.1) is 12.0 Å². The Balaban J connectivity index is 2.17. The zero-order valence-corrected chi connectivity index (χ0v) is 13.9. The molecule has 2 atom stereocenters. The first kappa shape index (κ1) is 18.7. The van der Waals surface area contributed by atoms with Crippen molar-refractivity contribution >= 4 is 5.91 Å². The smallest absolute Gasteiger partial charge is 0.395 e. The topological polar surface area (TPSA) is 65.5 Å². The van der Waals surface area contributed by atoms with Gasteiger partial charge in [-0.15, -0.1) is 0 Å². The number of halogens is 3. The number of hydrogen-bond donors (Lipinski definition) is 2. The van der Waals surface area contributed by atoms with Gasteiger partial charge in [-0.2, -0.15) is 13.2 Å². The molecule has 134 valence electrons. The van der Waals surface area contributed by atoms with Gasteiger partial charge in [0.15, 0.2) is 0 Å². The predicted octanol–water partition coefficient (Wildman–Crippen LogP) is 1.63. The van der Waals surface area contributed by atoms with Crippen LogP contribution in [0, 0.1) is 5.41 Å². The first-order chi connectivity index (χ1) is 11.0. The number of carbonyl (C=O) groups excluding carboxylic acids is 1. The maximum absolute atomic E-state index is 12.6. The number of amides is 1. The zero-order valence-electron chi connectivity index (χ0n) is 13.9. The number of pyridine rings is 1. The van der Waals surface area contributed by atoms with E-state index in [0.29, 0.717) is 18.7 Å². The molecule has 2 heterocycles. The first-order valence-electron chi connectivity index (χ1n) is 7.68. The first-order valence-corrected chi connectivity index (χ1v) is 7.68. The Labute approximate surface area is 138 Å². The monoisotopic (exact) mass is 345 g/mol. The maximum atomic E-state index is 12.6. The number of aliphatic hydroxyl groups is 1. The summed E-state index contributed by atoms with van der Waals surface area (Å²) >= 11 is 0. The number of rotatable bonds is 4. The molecule has 0 unspecified atom stereocenters. The van der Waals surface area contributed by atoms with E-state index in [1.165, 1.54) is 12.3 Å². The van der Waals surface area contributed by atoms with Gasteiger partial charge < -0.3 is 15.3 Å². The number of carbonyl (C=O) groups is 1. The lowest BCUT2D eigenvalue weighted by atomic mass is 9.91. The van der Waals surface area contributed by atoms with Crippen molar-refractivity contribution in [1.82, 2.24) is 15.2 Å². The molecule has 0 spiro atoms. The fourth-order valence-electron chi connectivity index (χ4n) is 2.71. The molecule has 1 aliphatic heterocycles. The molecule has 1 amide bonds. The van der Waals surface area contributed by atoms with Gasteiger partial charge in [0.2, 0.25) is 5.91 Å². The summed E-state index contributed by atoms with van der Waals surface area (Å²) < 4.78 is 37.9. The summed E-state index contributed by atoms with van der Waals surface area (Å²) in [4.78, 5) is 17.8. The number of likely N-dealkylation sites (N-methyl/N-ethyl adjacent to an activating group) is 1. The van der Waals surface area contributed by atoms with Crippen molar-refractivity contribution in [3.05, 3.63) is 29.6 Å². The summed E-state index contributed by atoms with van der Waals surface area (Å²) in [6.07, 6.45) is -3.24. The number of nitrogens with one attached hydrogen (secondary N) is 1. The lowest BCUT2D eigenvalue weighted by Gasteiger charge is -2.26. The molecule has 2 rings (SSSR count). The second kappa shape index (κ2) is 6.68. The Morgan fingerprint density at radius 2 is 2.04 bits per heavy atom. The van der Waals surface area contributed by atoms with Crippen LogP contribution in [-0.4, -0.2) is 53.7 Å². The fraction of sp³-hybridized carbons (Fsp3) is 0.625. The van der Waals surface area contributed by atoms with Crippen LogP contribution in [0.15, 0.2) is 18.3 Å². The highest BCUT2D eigenvalue weighted by molar-refractivity contribution is 5.82. The molecule has 2 N–H and O–H groups in total. The van der Waals surface area contributed by atoms with Crippen molar-refractivity contribution in [3.63, 3.8) is 0 Å². The second-order valence-electron chi connectivity index (χ2n) is 6.92. The summed E-state index contributed by atoms with van der Waals surface area (Å²) in [5.74, 6) is -0.432. The summed E-state index contributed by atoms with van der Waals surface area (Å²) in [7, 11) is 1.88. The Kier molecular flexibility index (Phi) is 5.19. The van der Waals surface area contributed by atoms with E-state index >= 15 is 0 Å². The number of aliphatic hydroxyl groups excluding tert-OH is 1. The highest BCUT2D eigenvalue weighted by Gasteiger charge is 2.37. The van der Waals surface area contributed by atoms with Crippen LogP contribution < -0.4 is 5.32 Å². The van der Waals surface area contributed by atoms with Crippen LogP contribution in [0.3, 0.4) is 0 Å². The Bertz CT molecular complexity index is 587. The van der Waals surface area contributed by atoms with Gasteiger partial charge in [-0.05, 0) is 32.5 Å². The van der Waals surface area contributed by atoms with E-state index in [9.17, 15) is 23.1 Å². The fourth-order valence-corrected chi connectivity index (χ4v) is 2.71. The number of hydrogen-bond acceptors (Lipinski definition) is 4. The van der Waals surface area contributed by atoms with E-state index in [1.807, 2.05) is 11.9 Å². The molecule has 1 aromatic rings. The van der Waals surface area contributed by atoms with Crippen LogP contribution >= 0.6 is 0 Å². The van der Waals surface area contributed by atoms with Crippen molar-refractivity contribution in [2.45, 2.75) is 32.0 Å². The average Bonchev–Trinajstić information content (AvgIpc) is 2.87. The molecule has 5 nitrogen and oxygen atoms in total. The molecule has 1 aliphatic rings. The van der Waals surface area contributed by atoms with Crippen molar-refractivity contribution in [2.24, 2.45) is 5.41 Å². The summed E-state index contributed by atoms with van der Waals surface area (Å²) in [6.45, 7) is 4.18. The molecule has 1 saturated heterocycles. The van der Waals surface area contributed by atoms with Gasteiger partial charge in [0.25, 0.3) is 0 Å². The molecule has 8 heteroatoms. The van der Waals surface area contributed by atoms with E-state index in [-0.39, 0.29) is 24.5 Å². The minimum Gasteiger partial charge on any atom is -0.395 e. The molecule has 1 fully saturated rings. The van der Waals surface area contributed by atoms with Gasteiger partial charge in [-0.1, -0.05) is 6.07 Å². The third-order valence-corrected chi connectivity index (χ3v) is 4.33. The quantitative estimate of drug-likeness (QED) is 0.871. The van der Waals surface area contributed by atoms with Gasteiger partial charge in [0.1, 0.15) is 5.69 Å². The molecule has 0 saturated carbocycles. The van der Waals surface area contributed by atoms with E-state index in [4.69, 9.17) is 0 Å². The van der Waals surface area contributed by atoms with Crippen LogP contribution in [0.1, 0.15) is 31.0 Å². The number of nitrogens with zero attached hydrogens (tertiary/aromatic N) is 2. The average molecular weight is 345 g/mol. The molecule has 1 aromatic heterocycles. The van der Waals surface area contributed by atoms with Crippen molar-refractivity contribution in [1.29, 1.82) is 0 Å². The van der Waals surface area contributed by atoms with E-state index in [2.05, 4.69) is 10.3 Å². The highest BCUT2D eigenvalue weighted by atomic mass is 19.4. The molecule has 24 heavy (non-hydrogen) atoms. The molecule has 0 aromatic carbocycles. The van der Waals surface area contributed by atoms with Gasteiger partial charge in [-0.3, -0.25) is 9.78 Å². The normalized spacial score (nSPS) is 22.6. The third-order valence-electron chi connectivity index (χ3n) is 4.33. The third kappa shape index (κ3) is 4.05. The summed E-state index contributed by atoms with van der Waals surface area (Å²) in [5.41, 5.74) is -1.19. The highest BCUT2D eigenvalue weighted by Crippen LogP contribution is 2.31. The maximum Gasteiger partial charge on any atom is 0.433 e. The lowest BCUT2D eigenvalue weighted by Crippen LogP contribution is -2.47. The summed E-state index contributed by atoms with van der Waals surface area (Å²) in [5, 5.41) is 12.2. The SMILES string of the molecule is CN1C[C@H](NC(=O)C(C)(C)CO)[C@@H](c2ccc(C(F)(F)F)nc2)C1. The molecule has 0 aliphatic carbocycles. The van der Waals surface area contributed by atoms with Crippen LogP contribution in [0.5, 0.6) is 0 Å². The lowest BCUT2D eigenvalue weighted by molar-refractivity contribution is -0.141. The van der Waals surface area contributed by atoms with Crippen molar-refractivity contribution < 1.29 is 23.1 Å². The summed E-state index contributed by atoms with van der Waals surface area (Å²) in [6, 6.07) is 2.13. The number of aromatic nitrogens is 1. The van der Waals surface area contributed by atoms with Gasteiger partial charge in [0, 0.05) is 31.2 Å². The van der Waals surface area contributed by atoms with E-state index in [0.717, 1.165) is 6.07 Å². The van der Waals surface area contributed by atoms with Crippen molar-refractivity contribution in [3.8, 4) is 0 Å². The standard InChI is InChI=1S/C16H22F3N3O2/c1-15(2,9-23)14(24)21-12-8-22(3)7-11(12)10-4-5-13(20-6-10)16(17,18)19/h4-6,11-12,23H,7-9H2,1-3H3,(H,21,24)/t11-,12+/m1/s1. The van der Waals surface area contributed by atoms with Crippen LogP contribution in [0.2, 0.25) is 0 Å². The minimum absolute atomic E-state index is 0.150. The molecular weight excluding hydrogens is 323 g/mol. The zero-order chi connectivity index (χ0) is 18.1. The Morgan fingerprint density at radius 1 is 1.38 bits per heavy atom. The molecular formula is C16H22F3N3O2. The second-order valence-corrected chi connectivity index (χ2v) is 6.92. The largest absolute Gasteiger partial charge is 0.433 e. The Morgan fingerprint density at radius 3 is 2.54 bits per heavy atom. The van der Waals surface area contributed by atoms with Crippen LogP contribution in [-0.2, 0) is 11.0 Å². The molecule has 0 bridgehead atoms. The Hall–Kier alpha value is -1.67. The van der Waals surface area contributed by atoms with Crippen LogP contribution in [0.25, 0.3) is 0 Å². The predicted molar refractivity (Wildman–Crippen MR) is 82.3 cm³/mol. The minimum atomic E-state index is -4.47. The number of likely N-dealkylation sites (tertiary alicyclic amines) is 1. The molecule has 0 radical (unpaired) electrons. The van der Waals surface area contributed by atoms with E-state index < -0.39 is 17.3 Å². The number of alkyl halides is 3. The van der Waals surface area contributed by atoms with E-state index in [1.54, 1.807) is 13.8 Å². The van der Waals surface area contributed by atoms with Crippen LogP contribution in [0.4, 0.5) is 13.2 Å². The van der Waals surface area contributed by atoms with Gasteiger partial charge in [-0.25, -0.2) is 0 Å².